The highest BCUT2D eigenvalue weighted by Gasteiger charge is 2.20. The van der Waals surface area contributed by atoms with E-state index in [2.05, 4.69) is 23.0 Å². The predicted molar refractivity (Wildman–Crippen MR) is 111 cm³/mol. The van der Waals surface area contributed by atoms with Gasteiger partial charge in [0.25, 0.3) is 5.56 Å². The summed E-state index contributed by atoms with van der Waals surface area (Å²) in [6.07, 6.45) is 2.52. The first-order valence-corrected chi connectivity index (χ1v) is 9.45. The van der Waals surface area contributed by atoms with Crippen LogP contribution in [0.15, 0.2) is 29.2 Å². The van der Waals surface area contributed by atoms with Crippen LogP contribution in [0.25, 0.3) is 22.3 Å². The Bertz CT molecular complexity index is 1070. The second kappa shape index (κ2) is 8.10. The summed E-state index contributed by atoms with van der Waals surface area (Å²) >= 11 is 0. The van der Waals surface area contributed by atoms with Gasteiger partial charge in [0.05, 0.1) is 31.0 Å². The number of hydrogen-bond donors (Lipinski definition) is 0. The van der Waals surface area contributed by atoms with E-state index in [0.29, 0.717) is 12.3 Å². The van der Waals surface area contributed by atoms with Crippen LogP contribution in [0.5, 0.6) is 5.75 Å². The lowest BCUT2D eigenvalue weighted by Gasteiger charge is -2.21. The molecule has 1 unspecified atom stereocenters. The molecule has 0 bridgehead atoms. The number of hydrogen-bond acceptors (Lipinski definition) is 5. The van der Waals surface area contributed by atoms with Crippen LogP contribution in [-0.2, 0) is 4.74 Å². The van der Waals surface area contributed by atoms with Crippen molar-refractivity contribution in [3.05, 3.63) is 51.6 Å². The molecule has 0 spiro atoms. The topological polar surface area (TPSA) is 66.2 Å². The highest BCUT2D eigenvalue weighted by atomic mass is 16.5. The van der Waals surface area contributed by atoms with Crippen LogP contribution in [0, 0.1) is 20.8 Å². The Hall–Kier alpha value is -2.73. The number of aromatic nitrogens is 3. The molecule has 0 saturated carbocycles. The van der Waals surface area contributed by atoms with Crippen LogP contribution in [-0.4, -0.2) is 35.4 Å². The van der Waals surface area contributed by atoms with Crippen molar-refractivity contribution in [3.8, 4) is 17.0 Å². The molecule has 0 aliphatic carbocycles. The van der Waals surface area contributed by atoms with E-state index in [0.717, 1.165) is 45.6 Å². The number of benzene rings is 1. The Morgan fingerprint density at radius 1 is 1.14 bits per heavy atom. The Balaban J connectivity index is 2.35. The zero-order chi connectivity index (χ0) is 20.4. The minimum Gasteiger partial charge on any atom is -0.496 e. The molecule has 0 fully saturated rings. The minimum atomic E-state index is -0.0869. The third kappa shape index (κ3) is 3.40. The standard InChI is InChI=1S/C22H27N3O3/c1-7-16(12-27-5)25-18-8-9-23-20(21(18)24-15(4)22(25)26)17-10-14(3)19(28-6)11-13(17)2/h8-11,16H,7,12H2,1-6H3. The Morgan fingerprint density at radius 3 is 2.54 bits per heavy atom. The maximum absolute atomic E-state index is 12.9. The molecular weight excluding hydrogens is 354 g/mol. The molecule has 148 valence electrons. The average Bonchev–Trinajstić information content (AvgIpc) is 2.69. The average molecular weight is 381 g/mol. The van der Waals surface area contributed by atoms with E-state index >= 15 is 0 Å². The van der Waals surface area contributed by atoms with E-state index in [1.54, 1.807) is 31.9 Å². The van der Waals surface area contributed by atoms with Gasteiger partial charge in [-0.05, 0) is 56.5 Å². The molecule has 6 heteroatoms. The van der Waals surface area contributed by atoms with Gasteiger partial charge in [-0.1, -0.05) is 6.92 Å². The molecule has 3 aromatic rings. The summed E-state index contributed by atoms with van der Waals surface area (Å²) in [5.74, 6) is 0.841. The fourth-order valence-electron chi connectivity index (χ4n) is 3.64. The zero-order valence-electron chi connectivity index (χ0n) is 17.4. The SMILES string of the molecule is CCC(COC)n1c(=O)c(C)nc2c(-c3cc(C)c(OC)cc3C)nccc21. The summed E-state index contributed by atoms with van der Waals surface area (Å²) in [4.78, 5) is 22.2. The van der Waals surface area contributed by atoms with Crippen LogP contribution in [0.2, 0.25) is 0 Å². The lowest BCUT2D eigenvalue weighted by Crippen LogP contribution is -2.30. The second-order valence-electron chi connectivity index (χ2n) is 7.05. The van der Waals surface area contributed by atoms with E-state index < -0.39 is 0 Å². The van der Waals surface area contributed by atoms with Gasteiger partial charge in [0.1, 0.15) is 17.0 Å². The number of ether oxygens (including phenoxy) is 2. The van der Waals surface area contributed by atoms with Crippen molar-refractivity contribution < 1.29 is 9.47 Å². The largest absolute Gasteiger partial charge is 0.496 e. The second-order valence-corrected chi connectivity index (χ2v) is 7.05. The van der Waals surface area contributed by atoms with Crippen molar-refractivity contribution in [2.45, 2.75) is 40.2 Å². The first-order valence-electron chi connectivity index (χ1n) is 9.45. The third-order valence-electron chi connectivity index (χ3n) is 5.16. The summed E-state index contributed by atoms with van der Waals surface area (Å²) in [7, 11) is 3.32. The van der Waals surface area contributed by atoms with Crippen LogP contribution in [0.1, 0.15) is 36.2 Å². The number of aryl methyl sites for hydroxylation is 3. The molecule has 0 radical (unpaired) electrons. The number of nitrogens with zero attached hydrogens (tertiary/aromatic N) is 3. The van der Waals surface area contributed by atoms with Crippen molar-refractivity contribution in [2.24, 2.45) is 0 Å². The number of pyridine rings is 1. The smallest absolute Gasteiger partial charge is 0.272 e. The Kier molecular flexibility index (Phi) is 5.79. The molecule has 0 aliphatic heterocycles. The third-order valence-corrected chi connectivity index (χ3v) is 5.16. The molecule has 0 saturated heterocycles. The normalized spacial score (nSPS) is 12.4. The molecule has 0 aliphatic rings. The van der Waals surface area contributed by atoms with Crippen molar-refractivity contribution >= 4 is 11.0 Å². The van der Waals surface area contributed by atoms with Crippen molar-refractivity contribution in [1.29, 1.82) is 0 Å². The highest BCUT2D eigenvalue weighted by Crippen LogP contribution is 2.32. The fourth-order valence-corrected chi connectivity index (χ4v) is 3.64. The van der Waals surface area contributed by atoms with Crippen molar-refractivity contribution in [1.82, 2.24) is 14.5 Å². The minimum absolute atomic E-state index is 0.0596. The van der Waals surface area contributed by atoms with Crippen molar-refractivity contribution in [3.63, 3.8) is 0 Å². The molecule has 0 amide bonds. The van der Waals surface area contributed by atoms with Crippen LogP contribution in [0.4, 0.5) is 0 Å². The van der Waals surface area contributed by atoms with Crippen LogP contribution < -0.4 is 10.3 Å². The van der Waals surface area contributed by atoms with Gasteiger partial charge < -0.3 is 9.47 Å². The summed E-state index contributed by atoms with van der Waals surface area (Å²) in [5.41, 5.74) is 5.70. The predicted octanol–water partition coefficient (Wildman–Crippen LogP) is 3.99. The van der Waals surface area contributed by atoms with Crippen molar-refractivity contribution in [2.75, 3.05) is 20.8 Å². The van der Waals surface area contributed by atoms with Crippen LogP contribution in [0.3, 0.4) is 0 Å². The van der Waals surface area contributed by atoms with Gasteiger partial charge in [-0.3, -0.25) is 14.3 Å². The van der Waals surface area contributed by atoms with Gasteiger partial charge in [0.2, 0.25) is 0 Å². The summed E-state index contributed by atoms with van der Waals surface area (Å²) in [6, 6.07) is 5.87. The van der Waals surface area contributed by atoms with E-state index in [-0.39, 0.29) is 11.6 Å². The zero-order valence-corrected chi connectivity index (χ0v) is 17.4. The highest BCUT2D eigenvalue weighted by molar-refractivity contribution is 5.90. The van der Waals surface area contributed by atoms with E-state index in [1.165, 1.54) is 0 Å². The molecule has 1 atom stereocenters. The molecule has 2 aromatic heterocycles. The quantitative estimate of drug-likeness (QED) is 0.646. The summed E-state index contributed by atoms with van der Waals surface area (Å²) in [6.45, 7) is 8.30. The van der Waals surface area contributed by atoms with Gasteiger partial charge in [0, 0.05) is 18.9 Å². The van der Waals surface area contributed by atoms with Gasteiger partial charge in [-0.25, -0.2) is 4.98 Å². The van der Waals surface area contributed by atoms with Gasteiger partial charge in [-0.15, -0.1) is 0 Å². The number of rotatable bonds is 6. The van der Waals surface area contributed by atoms with Gasteiger partial charge in [-0.2, -0.15) is 0 Å². The Labute approximate surface area is 165 Å². The first kappa shape index (κ1) is 20.0. The number of fused-ring (bicyclic) bond motifs is 1. The molecule has 6 nitrogen and oxygen atoms in total. The van der Waals surface area contributed by atoms with E-state index in [1.807, 2.05) is 26.0 Å². The van der Waals surface area contributed by atoms with Crippen LogP contribution >= 0.6 is 0 Å². The monoisotopic (exact) mass is 381 g/mol. The molecule has 1 aromatic carbocycles. The molecule has 2 heterocycles. The van der Waals surface area contributed by atoms with E-state index in [4.69, 9.17) is 9.47 Å². The van der Waals surface area contributed by atoms with E-state index in [9.17, 15) is 4.79 Å². The molecular formula is C22H27N3O3. The first-order chi connectivity index (χ1) is 13.4. The lowest BCUT2D eigenvalue weighted by molar-refractivity contribution is 0.153. The number of methoxy groups -OCH3 is 2. The maximum Gasteiger partial charge on any atom is 0.272 e. The molecule has 28 heavy (non-hydrogen) atoms. The summed E-state index contributed by atoms with van der Waals surface area (Å²) in [5, 5.41) is 0. The molecule has 3 rings (SSSR count). The summed E-state index contributed by atoms with van der Waals surface area (Å²) < 4.78 is 12.6. The molecule has 0 N–H and O–H groups in total. The van der Waals surface area contributed by atoms with Gasteiger partial charge >= 0.3 is 0 Å². The Morgan fingerprint density at radius 2 is 1.89 bits per heavy atom. The lowest BCUT2D eigenvalue weighted by atomic mass is 10.00. The maximum atomic E-state index is 12.9. The fraction of sp³-hybridized carbons (Fsp3) is 0.409. The van der Waals surface area contributed by atoms with Gasteiger partial charge in [0.15, 0.2) is 0 Å².